The van der Waals surface area contributed by atoms with Crippen LogP contribution in [0.25, 0.3) is 6.08 Å². The predicted octanol–water partition coefficient (Wildman–Crippen LogP) is 6.64. The number of thiophene rings is 1. The van der Waals surface area contributed by atoms with Crippen LogP contribution in [-0.4, -0.2) is 13.0 Å². The van der Waals surface area contributed by atoms with Crippen molar-refractivity contribution < 1.29 is 14.3 Å². The van der Waals surface area contributed by atoms with Crippen molar-refractivity contribution in [3.05, 3.63) is 80.7 Å². The first-order valence-corrected chi connectivity index (χ1v) is 12.2. The highest BCUT2D eigenvalue weighted by Crippen LogP contribution is 2.39. The van der Waals surface area contributed by atoms with E-state index in [9.17, 15) is 10.1 Å². The molecule has 2 aromatic carbocycles. The Kier molecular flexibility index (Phi) is 7.56. The molecule has 7 heteroatoms. The van der Waals surface area contributed by atoms with E-state index in [1.54, 1.807) is 13.2 Å². The van der Waals surface area contributed by atoms with Crippen molar-refractivity contribution in [2.45, 2.75) is 32.8 Å². The van der Waals surface area contributed by atoms with Gasteiger partial charge in [-0.15, -0.1) is 11.3 Å². The molecule has 1 heterocycles. The summed E-state index contributed by atoms with van der Waals surface area (Å²) >= 11 is 7.45. The van der Waals surface area contributed by atoms with Crippen LogP contribution in [0.4, 0.5) is 5.00 Å². The summed E-state index contributed by atoms with van der Waals surface area (Å²) in [6.45, 7) is 2.61. The first-order chi connectivity index (χ1) is 16.5. The van der Waals surface area contributed by atoms with E-state index in [-0.39, 0.29) is 5.91 Å². The highest BCUT2D eigenvalue weighted by molar-refractivity contribution is 7.16. The second-order valence-corrected chi connectivity index (χ2v) is 9.86. The minimum absolute atomic E-state index is 0.273. The minimum Gasteiger partial charge on any atom is -0.493 e. The molecule has 34 heavy (non-hydrogen) atoms. The van der Waals surface area contributed by atoms with E-state index in [1.165, 1.54) is 22.3 Å². The number of hydrogen-bond donors (Lipinski definition) is 1. The Morgan fingerprint density at radius 3 is 2.79 bits per heavy atom. The number of methoxy groups -OCH3 is 1. The van der Waals surface area contributed by atoms with Crippen LogP contribution in [0.5, 0.6) is 11.5 Å². The van der Waals surface area contributed by atoms with E-state index in [4.69, 9.17) is 21.1 Å². The number of carbonyl (C=O) groups excluding carboxylic acids is 1. The highest BCUT2D eigenvalue weighted by Gasteiger charge is 2.24. The average molecular weight is 493 g/mol. The largest absolute Gasteiger partial charge is 0.493 e. The minimum atomic E-state index is -0.273. The summed E-state index contributed by atoms with van der Waals surface area (Å²) in [7, 11) is 1.58. The van der Waals surface area contributed by atoms with Crippen LogP contribution in [-0.2, 0) is 24.2 Å². The van der Waals surface area contributed by atoms with Gasteiger partial charge in [-0.2, -0.15) is 5.26 Å². The maximum Gasteiger partial charge on any atom is 0.249 e. The molecule has 1 aliphatic carbocycles. The molecule has 1 aromatic heterocycles. The van der Waals surface area contributed by atoms with E-state index in [2.05, 4.69) is 18.3 Å². The molecule has 3 aromatic rings. The fourth-order valence-corrected chi connectivity index (χ4v) is 5.42. The average Bonchev–Trinajstić information content (AvgIpc) is 3.18. The normalized spacial score (nSPS) is 14.9. The number of nitrogens with one attached hydrogen (secondary N) is 1. The van der Waals surface area contributed by atoms with Gasteiger partial charge in [0.25, 0.3) is 0 Å². The van der Waals surface area contributed by atoms with E-state index >= 15 is 0 Å². The van der Waals surface area contributed by atoms with Gasteiger partial charge in [0, 0.05) is 16.0 Å². The fourth-order valence-electron chi connectivity index (χ4n) is 3.93. The summed E-state index contributed by atoms with van der Waals surface area (Å²) in [4.78, 5) is 13.8. The van der Waals surface area contributed by atoms with Gasteiger partial charge in [0.1, 0.15) is 17.7 Å². The molecule has 0 bridgehead atoms. The number of halogens is 1. The standard InChI is InChI=1S/C27H25ClN2O3S/c1-17-3-10-21-22(15-29)27(34-25(21)13-17)30-26(31)12-7-18-6-11-23(24(14-18)32-2)33-16-19-4-8-20(28)9-5-19/h4-9,11-12,14,17H,3,10,13,16H2,1-2H3,(H,30,31)/b12-7+/t17-/m0/s1. The van der Waals surface area contributed by atoms with Crippen molar-refractivity contribution in [3.8, 4) is 17.6 Å². The summed E-state index contributed by atoms with van der Waals surface area (Å²) in [5.41, 5.74) is 3.50. The Bertz CT molecular complexity index is 1260. The molecule has 1 amide bonds. The number of nitrogens with zero attached hydrogens (tertiary/aromatic N) is 1. The van der Waals surface area contributed by atoms with Gasteiger partial charge in [-0.3, -0.25) is 4.79 Å². The quantitative estimate of drug-likeness (QED) is 0.375. The molecular weight excluding hydrogens is 468 g/mol. The first-order valence-electron chi connectivity index (χ1n) is 11.1. The van der Waals surface area contributed by atoms with Crippen molar-refractivity contribution in [2.24, 2.45) is 5.92 Å². The van der Waals surface area contributed by atoms with E-state index in [0.717, 1.165) is 36.0 Å². The molecule has 1 atom stereocenters. The van der Waals surface area contributed by atoms with Crippen LogP contribution < -0.4 is 14.8 Å². The van der Waals surface area contributed by atoms with E-state index in [0.29, 0.717) is 39.6 Å². The van der Waals surface area contributed by atoms with Gasteiger partial charge in [0.2, 0.25) is 5.91 Å². The smallest absolute Gasteiger partial charge is 0.249 e. The Balaban J connectivity index is 1.42. The van der Waals surface area contributed by atoms with Gasteiger partial charge >= 0.3 is 0 Å². The maximum atomic E-state index is 12.6. The van der Waals surface area contributed by atoms with Crippen LogP contribution in [0, 0.1) is 17.2 Å². The zero-order valence-corrected chi connectivity index (χ0v) is 20.6. The SMILES string of the molecule is COc1cc(/C=C/C(=O)Nc2sc3c(c2C#N)CC[C@H](C)C3)ccc1OCc1ccc(Cl)cc1. The number of hydrogen-bond acceptors (Lipinski definition) is 5. The van der Waals surface area contributed by atoms with Gasteiger partial charge < -0.3 is 14.8 Å². The Labute approximate surface area is 208 Å². The van der Waals surface area contributed by atoms with Gasteiger partial charge in [-0.25, -0.2) is 0 Å². The molecule has 0 unspecified atom stereocenters. The second kappa shape index (κ2) is 10.8. The van der Waals surface area contributed by atoms with Crippen molar-refractivity contribution in [2.75, 3.05) is 12.4 Å². The van der Waals surface area contributed by atoms with Gasteiger partial charge in [0.05, 0.1) is 12.7 Å². The Morgan fingerprint density at radius 1 is 1.26 bits per heavy atom. The lowest BCUT2D eigenvalue weighted by atomic mass is 9.89. The third kappa shape index (κ3) is 5.61. The maximum absolute atomic E-state index is 12.6. The zero-order chi connectivity index (χ0) is 24.1. The van der Waals surface area contributed by atoms with Crippen LogP contribution in [0.1, 0.15) is 40.5 Å². The molecule has 0 spiro atoms. The van der Waals surface area contributed by atoms with Crippen LogP contribution >= 0.6 is 22.9 Å². The number of nitriles is 1. The summed E-state index contributed by atoms with van der Waals surface area (Å²) < 4.78 is 11.4. The van der Waals surface area contributed by atoms with Crippen LogP contribution in [0.2, 0.25) is 5.02 Å². The van der Waals surface area contributed by atoms with E-state index < -0.39 is 0 Å². The third-order valence-electron chi connectivity index (χ3n) is 5.78. The van der Waals surface area contributed by atoms with Crippen LogP contribution in [0.15, 0.2) is 48.5 Å². The molecule has 0 radical (unpaired) electrons. The van der Waals surface area contributed by atoms with Crippen molar-refractivity contribution in [1.29, 1.82) is 5.26 Å². The molecule has 0 aliphatic heterocycles. The molecule has 0 saturated carbocycles. The Morgan fingerprint density at radius 2 is 2.06 bits per heavy atom. The number of fused-ring (bicyclic) bond motifs is 1. The molecule has 1 N–H and O–H groups in total. The highest BCUT2D eigenvalue weighted by atomic mass is 35.5. The molecule has 1 aliphatic rings. The van der Waals surface area contributed by atoms with Crippen molar-refractivity contribution >= 4 is 39.9 Å². The molecule has 5 nitrogen and oxygen atoms in total. The van der Waals surface area contributed by atoms with Gasteiger partial charge in [0.15, 0.2) is 11.5 Å². The van der Waals surface area contributed by atoms with Crippen molar-refractivity contribution in [1.82, 2.24) is 0 Å². The number of benzene rings is 2. The number of rotatable bonds is 7. The lowest BCUT2D eigenvalue weighted by Crippen LogP contribution is -2.10. The summed E-state index contributed by atoms with van der Waals surface area (Å²) in [5.74, 6) is 1.51. The molecule has 174 valence electrons. The Hall–Kier alpha value is -3.27. The zero-order valence-electron chi connectivity index (χ0n) is 19.1. The molecule has 0 fully saturated rings. The summed E-state index contributed by atoms with van der Waals surface area (Å²) in [5, 5.41) is 13.8. The summed E-state index contributed by atoms with van der Waals surface area (Å²) in [6.07, 6.45) is 6.11. The molecule has 0 saturated heterocycles. The third-order valence-corrected chi connectivity index (χ3v) is 7.20. The van der Waals surface area contributed by atoms with Gasteiger partial charge in [-0.1, -0.05) is 36.7 Å². The summed E-state index contributed by atoms with van der Waals surface area (Å²) in [6, 6.07) is 15.2. The number of carbonyl (C=O) groups is 1. The second-order valence-electron chi connectivity index (χ2n) is 8.32. The molecular formula is C27H25ClN2O3S. The van der Waals surface area contributed by atoms with Crippen LogP contribution in [0.3, 0.4) is 0 Å². The lowest BCUT2D eigenvalue weighted by molar-refractivity contribution is -0.111. The number of amides is 1. The van der Waals surface area contributed by atoms with Gasteiger partial charge in [-0.05, 0) is 72.2 Å². The number of ether oxygens (including phenoxy) is 2. The number of anilines is 1. The monoisotopic (exact) mass is 492 g/mol. The van der Waals surface area contributed by atoms with Crippen molar-refractivity contribution in [3.63, 3.8) is 0 Å². The van der Waals surface area contributed by atoms with E-state index in [1.807, 2.05) is 42.5 Å². The predicted molar refractivity (Wildman–Crippen MR) is 137 cm³/mol. The topological polar surface area (TPSA) is 71.3 Å². The molecule has 4 rings (SSSR count). The fraction of sp³-hybridized carbons (Fsp3) is 0.259. The first kappa shape index (κ1) is 23.9. The lowest BCUT2D eigenvalue weighted by Gasteiger charge is -2.17.